The molecule has 1 N–H and O–H groups in total. The summed E-state index contributed by atoms with van der Waals surface area (Å²) in [4.78, 5) is 12.5. The van der Waals surface area contributed by atoms with Gasteiger partial charge in [-0.2, -0.15) is 0 Å². The SMILES string of the molecule is CCc1ccc(CC)c(CNC(=O)c2ccc(-c3ccccc3)cc2)c1. The molecule has 0 spiro atoms. The van der Waals surface area contributed by atoms with Gasteiger partial charge in [-0.15, -0.1) is 0 Å². The molecule has 0 saturated carbocycles. The predicted molar refractivity (Wildman–Crippen MR) is 108 cm³/mol. The Morgan fingerprint density at radius 2 is 1.46 bits per heavy atom. The van der Waals surface area contributed by atoms with Crippen molar-refractivity contribution in [3.05, 3.63) is 95.1 Å². The van der Waals surface area contributed by atoms with Gasteiger partial charge in [-0.25, -0.2) is 0 Å². The molecule has 0 aliphatic rings. The quantitative estimate of drug-likeness (QED) is 0.637. The first-order valence-electron chi connectivity index (χ1n) is 9.25. The molecule has 26 heavy (non-hydrogen) atoms. The summed E-state index contributed by atoms with van der Waals surface area (Å²) in [7, 11) is 0. The topological polar surface area (TPSA) is 29.1 Å². The van der Waals surface area contributed by atoms with Gasteiger partial charge in [0, 0.05) is 12.1 Å². The number of hydrogen-bond acceptors (Lipinski definition) is 1. The van der Waals surface area contributed by atoms with Crippen molar-refractivity contribution in [2.24, 2.45) is 0 Å². The minimum Gasteiger partial charge on any atom is -0.348 e. The molecule has 0 aliphatic heterocycles. The van der Waals surface area contributed by atoms with E-state index >= 15 is 0 Å². The Hall–Kier alpha value is -2.87. The van der Waals surface area contributed by atoms with Gasteiger partial charge in [-0.3, -0.25) is 4.79 Å². The first-order chi connectivity index (χ1) is 12.7. The fourth-order valence-corrected chi connectivity index (χ4v) is 3.13. The Balaban J connectivity index is 1.69. The molecule has 3 aromatic carbocycles. The first kappa shape index (κ1) is 17.9. The van der Waals surface area contributed by atoms with E-state index in [-0.39, 0.29) is 5.91 Å². The molecule has 3 aromatic rings. The zero-order valence-electron chi connectivity index (χ0n) is 15.5. The number of carbonyl (C=O) groups is 1. The second kappa shape index (κ2) is 8.48. The highest BCUT2D eigenvalue weighted by atomic mass is 16.1. The van der Waals surface area contributed by atoms with Crippen molar-refractivity contribution in [1.82, 2.24) is 5.32 Å². The maximum atomic E-state index is 12.5. The van der Waals surface area contributed by atoms with Gasteiger partial charge in [0.15, 0.2) is 0 Å². The van der Waals surface area contributed by atoms with E-state index in [4.69, 9.17) is 0 Å². The normalized spacial score (nSPS) is 10.5. The molecule has 3 rings (SSSR count). The van der Waals surface area contributed by atoms with E-state index in [2.05, 4.69) is 49.5 Å². The van der Waals surface area contributed by atoms with Crippen LogP contribution in [0, 0.1) is 0 Å². The Labute approximate surface area is 155 Å². The highest BCUT2D eigenvalue weighted by molar-refractivity contribution is 5.94. The number of nitrogens with one attached hydrogen (secondary N) is 1. The summed E-state index contributed by atoms with van der Waals surface area (Å²) in [5.41, 5.74) is 6.77. The molecule has 0 aromatic heterocycles. The molecule has 0 heterocycles. The van der Waals surface area contributed by atoms with Gasteiger partial charge < -0.3 is 5.32 Å². The Kier molecular flexibility index (Phi) is 5.85. The van der Waals surface area contributed by atoms with Gasteiger partial charge in [0.05, 0.1) is 0 Å². The molecule has 0 unspecified atom stereocenters. The standard InChI is InChI=1S/C24H25NO/c1-3-18-10-11-19(4-2)23(16-18)17-25-24(26)22-14-12-21(13-15-22)20-8-6-5-7-9-20/h5-16H,3-4,17H2,1-2H3,(H,25,26). The van der Waals surface area contributed by atoms with Gasteiger partial charge in [0.25, 0.3) is 5.91 Å². The van der Waals surface area contributed by atoms with Crippen LogP contribution in [0.4, 0.5) is 0 Å². The number of amides is 1. The number of carbonyl (C=O) groups excluding carboxylic acids is 1. The van der Waals surface area contributed by atoms with E-state index in [1.165, 1.54) is 16.7 Å². The van der Waals surface area contributed by atoms with Crippen LogP contribution in [0.5, 0.6) is 0 Å². The summed E-state index contributed by atoms with van der Waals surface area (Å²) in [5.74, 6) is -0.0337. The zero-order valence-corrected chi connectivity index (χ0v) is 15.5. The lowest BCUT2D eigenvalue weighted by atomic mass is 10.0. The third-order valence-corrected chi connectivity index (χ3v) is 4.75. The van der Waals surface area contributed by atoms with Crippen molar-refractivity contribution in [2.75, 3.05) is 0 Å². The molecule has 1 amide bonds. The second-order valence-electron chi connectivity index (χ2n) is 6.44. The van der Waals surface area contributed by atoms with Crippen molar-refractivity contribution in [3.8, 4) is 11.1 Å². The van der Waals surface area contributed by atoms with Gasteiger partial charge in [-0.05, 0) is 52.8 Å². The molecular formula is C24H25NO. The van der Waals surface area contributed by atoms with Crippen LogP contribution in [0.25, 0.3) is 11.1 Å². The summed E-state index contributed by atoms with van der Waals surface area (Å²) >= 11 is 0. The van der Waals surface area contributed by atoms with Crippen LogP contribution in [0.2, 0.25) is 0 Å². The van der Waals surface area contributed by atoms with Crippen molar-refractivity contribution in [2.45, 2.75) is 33.2 Å². The van der Waals surface area contributed by atoms with Crippen molar-refractivity contribution >= 4 is 5.91 Å². The fraction of sp³-hybridized carbons (Fsp3) is 0.208. The van der Waals surface area contributed by atoms with E-state index in [1.54, 1.807) is 0 Å². The largest absolute Gasteiger partial charge is 0.348 e. The molecular weight excluding hydrogens is 318 g/mol. The van der Waals surface area contributed by atoms with Gasteiger partial charge in [0.2, 0.25) is 0 Å². The van der Waals surface area contributed by atoms with E-state index in [1.807, 2.05) is 42.5 Å². The van der Waals surface area contributed by atoms with E-state index in [0.29, 0.717) is 12.1 Å². The Morgan fingerprint density at radius 3 is 2.12 bits per heavy atom. The van der Waals surface area contributed by atoms with E-state index < -0.39 is 0 Å². The van der Waals surface area contributed by atoms with Crippen LogP contribution in [-0.2, 0) is 19.4 Å². The molecule has 0 fully saturated rings. The molecule has 0 atom stereocenters. The first-order valence-corrected chi connectivity index (χ1v) is 9.25. The van der Waals surface area contributed by atoms with Gasteiger partial charge in [0.1, 0.15) is 0 Å². The van der Waals surface area contributed by atoms with E-state index in [9.17, 15) is 4.79 Å². The number of rotatable bonds is 6. The predicted octanol–water partition coefficient (Wildman–Crippen LogP) is 5.41. The van der Waals surface area contributed by atoms with Crippen molar-refractivity contribution in [1.29, 1.82) is 0 Å². The number of benzene rings is 3. The molecule has 0 radical (unpaired) electrons. The third-order valence-electron chi connectivity index (χ3n) is 4.75. The molecule has 0 bridgehead atoms. The molecule has 0 saturated heterocycles. The fourth-order valence-electron chi connectivity index (χ4n) is 3.13. The van der Waals surface area contributed by atoms with Gasteiger partial charge in [-0.1, -0.05) is 74.5 Å². The summed E-state index contributed by atoms with van der Waals surface area (Å²) in [6, 6.07) is 24.5. The summed E-state index contributed by atoms with van der Waals surface area (Å²) < 4.78 is 0. The lowest BCUT2D eigenvalue weighted by Gasteiger charge is -2.12. The van der Waals surface area contributed by atoms with Crippen LogP contribution >= 0.6 is 0 Å². The summed E-state index contributed by atoms with van der Waals surface area (Å²) in [5, 5.41) is 3.06. The smallest absolute Gasteiger partial charge is 0.251 e. The van der Waals surface area contributed by atoms with Gasteiger partial charge >= 0.3 is 0 Å². The lowest BCUT2D eigenvalue weighted by molar-refractivity contribution is 0.0951. The maximum absolute atomic E-state index is 12.5. The highest BCUT2D eigenvalue weighted by Gasteiger charge is 2.08. The molecule has 2 nitrogen and oxygen atoms in total. The molecule has 2 heteroatoms. The Morgan fingerprint density at radius 1 is 0.769 bits per heavy atom. The molecule has 0 aliphatic carbocycles. The number of hydrogen-bond donors (Lipinski definition) is 1. The maximum Gasteiger partial charge on any atom is 0.251 e. The minimum absolute atomic E-state index is 0.0337. The zero-order chi connectivity index (χ0) is 18.4. The highest BCUT2D eigenvalue weighted by Crippen LogP contribution is 2.19. The number of aryl methyl sites for hydroxylation is 2. The van der Waals surface area contributed by atoms with E-state index in [0.717, 1.165) is 24.0 Å². The van der Waals surface area contributed by atoms with Crippen LogP contribution in [0.1, 0.15) is 40.9 Å². The van der Waals surface area contributed by atoms with Crippen molar-refractivity contribution in [3.63, 3.8) is 0 Å². The van der Waals surface area contributed by atoms with Crippen LogP contribution < -0.4 is 5.32 Å². The second-order valence-corrected chi connectivity index (χ2v) is 6.44. The molecule has 132 valence electrons. The minimum atomic E-state index is -0.0337. The summed E-state index contributed by atoms with van der Waals surface area (Å²) in [6.07, 6.45) is 1.98. The average molecular weight is 343 g/mol. The third kappa shape index (κ3) is 4.20. The van der Waals surface area contributed by atoms with Crippen LogP contribution in [0.3, 0.4) is 0 Å². The Bertz CT molecular complexity index is 866. The summed E-state index contributed by atoms with van der Waals surface area (Å²) in [6.45, 7) is 4.86. The van der Waals surface area contributed by atoms with Crippen LogP contribution in [-0.4, -0.2) is 5.91 Å². The van der Waals surface area contributed by atoms with Crippen molar-refractivity contribution < 1.29 is 4.79 Å². The average Bonchev–Trinajstić information content (AvgIpc) is 2.72. The monoisotopic (exact) mass is 343 g/mol. The lowest BCUT2D eigenvalue weighted by Crippen LogP contribution is -2.23. The van der Waals surface area contributed by atoms with Crippen LogP contribution in [0.15, 0.2) is 72.8 Å².